The summed E-state index contributed by atoms with van der Waals surface area (Å²) in [6.07, 6.45) is 3.98. The van der Waals surface area contributed by atoms with Crippen LogP contribution in [0.3, 0.4) is 0 Å². The molecule has 19 heavy (non-hydrogen) atoms. The average Bonchev–Trinajstić information content (AvgIpc) is 3.19. The van der Waals surface area contributed by atoms with Crippen molar-refractivity contribution in [2.24, 2.45) is 5.92 Å². The first-order chi connectivity index (χ1) is 9.22. The second-order valence-corrected chi connectivity index (χ2v) is 5.64. The third kappa shape index (κ3) is 4.50. The van der Waals surface area contributed by atoms with E-state index in [1.165, 1.54) is 37.2 Å². The third-order valence-electron chi connectivity index (χ3n) is 3.57. The maximum atomic E-state index is 4.74. The first kappa shape index (κ1) is 14.3. The van der Waals surface area contributed by atoms with Gasteiger partial charge in [-0.05, 0) is 56.3 Å². The van der Waals surface area contributed by atoms with Gasteiger partial charge in [0, 0.05) is 25.3 Å². The summed E-state index contributed by atoms with van der Waals surface area (Å²) in [5.41, 5.74) is 2.48. The van der Waals surface area contributed by atoms with E-state index in [0.717, 1.165) is 31.2 Å². The van der Waals surface area contributed by atoms with Crippen LogP contribution >= 0.6 is 0 Å². The van der Waals surface area contributed by atoms with Gasteiger partial charge >= 0.3 is 0 Å². The highest BCUT2D eigenvalue weighted by molar-refractivity contribution is 5.43. The molecule has 2 rings (SSSR count). The van der Waals surface area contributed by atoms with E-state index < -0.39 is 0 Å². The number of rotatable bonds is 8. The molecule has 0 atom stereocenters. The summed E-state index contributed by atoms with van der Waals surface area (Å²) in [6, 6.07) is 4.45. The molecule has 1 saturated carbocycles. The molecule has 106 valence electrons. The molecule has 0 aromatic carbocycles. The minimum Gasteiger partial charge on any atom is -0.356 e. The van der Waals surface area contributed by atoms with Crippen LogP contribution < -0.4 is 10.2 Å². The molecule has 0 amide bonds. The molecule has 1 aliphatic carbocycles. The van der Waals surface area contributed by atoms with Crippen LogP contribution in [0.25, 0.3) is 0 Å². The van der Waals surface area contributed by atoms with E-state index >= 15 is 0 Å². The van der Waals surface area contributed by atoms with Crippen molar-refractivity contribution in [3.05, 3.63) is 23.4 Å². The molecule has 0 saturated heterocycles. The van der Waals surface area contributed by atoms with Crippen LogP contribution in [0.15, 0.2) is 12.1 Å². The van der Waals surface area contributed by atoms with E-state index in [4.69, 9.17) is 4.98 Å². The smallest absolute Gasteiger partial charge is 0.129 e. The Morgan fingerprint density at radius 1 is 1.32 bits per heavy atom. The van der Waals surface area contributed by atoms with Gasteiger partial charge in [-0.1, -0.05) is 13.8 Å². The zero-order valence-corrected chi connectivity index (χ0v) is 12.6. The van der Waals surface area contributed by atoms with Crippen molar-refractivity contribution < 1.29 is 0 Å². The minimum atomic E-state index is 0.908. The topological polar surface area (TPSA) is 28.2 Å². The van der Waals surface area contributed by atoms with Crippen LogP contribution in [0.2, 0.25) is 0 Å². The third-order valence-corrected chi connectivity index (χ3v) is 3.57. The summed E-state index contributed by atoms with van der Waals surface area (Å²) >= 11 is 0. The number of nitrogens with one attached hydrogen (secondary N) is 1. The van der Waals surface area contributed by atoms with Gasteiger partial charge in [0.05, 0.1) is 0 Å². The highest BCUT2D eigenvalue weighted by atomic mass is 15.2. The van der Waals surface area contributed by atoms with Crippen molar-refractivity contribution in [1.82, 2.24) is 10.3 Å². The molecule has 0 bridgehead atoms. The number of pyridine rings is 1. The fourth-order valence-corrected chi connectivity index (χ4v) is 2.44. The molecule has 1 heterocycles. The van der Waals surface area contributed by atoms with E-state index in [2.05, 4.69) is 43.1 Å². The van der Waals surface area contributed by atoms with Crippen molar-refractivity contribution in [3.8, 4) is 0 Å². The van der Waals surface area contributed by atoms with Crippen molar-refractivity contribution in [2.45, 2.75) is 46.6 Å². The van der Waals surface area contributed by atoms with Crippen LogP contribution in [-0.2, 0) is 6.54 Å². The summed E-state index contributed by atoms with van der Waals surface area (Å²) in [5.74, 6) is 2.08. The summed E-state index contributed by atoms with van der Waals surface area (Å²) < 4.78 is 0. The predicted octanol–water partition coefficient (Wildman–Crippen LogP) is 3.13. The average molecular weight is 261 g/mol. The van der Waals surface area contributed by atoms with Crippen LogP contribution in [0.1, 0.15) is 44.4 Å². The van der Waals surface area contributed by atoms with Crippen molar-refractivity contribution in [3.63, 3.8) is 0 Å². The summed E-state index contributed by atoms with van der Waals surface area (Å²) in [4.78, 5) is 7.21. The SMILES string of the molecule is CCCN(CC1CC1)c1cc(CNCC)cc(C)n1. The van der Waals surface area contributed by atoms with E-state index in [-0.39, 0.29) is 0 Å². The maximum absolute atomic E-state index is 4.74. The summed E-state index contributed by atoms with van der Waals surface area (Å²) in [5, 5.41) is 3.40. The first-order valence-electron chi connectivity index (χ1n) is 7.66. The van der Waals surface area contributed by atoms with Crippen LogP contribution in [0, 0.1) is 12.8 Å². The first-order valence-corrected chi connectivity index (χ1v) is 7.66. The van der Waals surface area contributed by atoms with Gasteiger partial charge in [0.15, 0.2) is 0 Å². The Hall–Kier alpha value is -1.09. The van der Waals surface area contributed by atoms with Crippen molar-refractivity contribution in [2.75, 3.05) is 24.5 Å². The summed E-state index contributed by atoms with van der Waals surface area (Å²) in [6.45, 7) is 10.7. The number of anilines is 1. The van der Waals surface area contributed by atoms with Crippen LogP contribution in [0.4, 0.5) is 5.82 Å². The van der Waals surface area contributed by atoms with E-state index in [1.807, 2.05) is 0 Å². The van der Waals surface area contributed by atoms with E-state index in [0.29, 0.717) is 0 Å². The van der Waals surface area contributed by atoms with Crippen molar-refractivity contribution >= 4 is 5.82 Å². The number of aryl methyl sites for hydroxylation is 1. The lowest BCUT2D eigenvalue weighted by Crippen LogP contribution is -2.28. The number of nitrogens with zero attached hydrogens (tertiary/aromatic N) is 2. The lowest BCUT2D eigenvalue weighted by molar-refractivity contribution is 0.692. The Morgan fingerprint density at radius 2 is 2.11 bits per heavy atom. The Labute approximate surface area is 117 Å². The van der Waals surface area contributed by atoms with E-state index in [1.54, 1.807) is 0 Å². The molecule has 0 spiro atoms. The lowest BCUT2D eigenvalue weighted by atomic mass is 10.2. The molecular weight excluding hydrogens is 234 g/mol. The molecule has 1 fully saturated rings. The monoisotopic (exact) mass is 261 g/mol. The normalized spacial score (nSPS) is 14.7. The highest BCUT2D eigenvalue weighted by Gasteiger charge is 2.24. The summed E-state index contributed by atoms with van der Waals surface area (Å²) in [7, 11) is 0. The van der Waals surface area contributed by atoms with Crippen molar-refractivity contribution in [1.29, 1.82) is 0 Å². The second kappa shape index (κ2) is 6.90. The number of hydrogen-bond donors (Lipinski definition) is 1. The molecule has 3 heteroatoms. The zero-order chi connectivity index (χ0) is 13.7. The Kier molecular flexibility index (Phi) is 5.20. The van der Waals surface area contributed by atoms with Crippen LogP contribution in [-0.4, -0.2) is 24.6 Å². The standard InChI is InChI=1S/C16H27N3/c1-4-8-19(12-14-6-7-14)16-10-15(11-17-5-2)9-13(3)18-16/h9-10,14,17H,4-8,11-12H2,1-3H3. The molecule has 1 aromatic heterocycles. The zero-order valence-electron chi connectivity index (χ0n) is 12.6. The Bertz CT molecular complexity index is 399. The van der Waals surface area contributed by atoms with Crippen LogP contribution in [0.5, 0.6) is 0 Å². The molecule has 0 radical (unpaired) electrons. The number of hydrogen-bond acceptors (Lipinski definition) is 3. The van der Waals surface area contributed by atoms with Gasteiger partial charge in [0.25, 0.3) is 0 Å². The van der Waals surface area contributed by atoms with Gasteiger partial charge in [-0.3, -0.25) is 0 Å². The fraction of sp³-hybridized carbons (Fsp3) is 0.688. The van der Waals surface area contributed by atoms with E-state index in [9.17, 15) is 0 Å². The fourth-order valence-electron chi connectivity index (χ4n) is 2.44. The Balaban J connectivity index is 2.11. The van der Waals surface area contributed by atoms with Gasteiger partial charge in [-0.15, -0.1) is 0 Å². The molecule has 1 aromatic rings. The lowest BCUT2D eigenvalue weighted by Gasteiger charge is -2.24. The molecular formula is C16H27N3. The van der Waals surface area contributed by atoms with Gasteiger partial charge in [-0.2, -0.15) is 0 Å². The van der Waals surface area contributed by atoms with Gasteiger partial charge in [-0.25, -0.2) is 4.98 Å². The minimum absolute atomic E-state index is 0.908. The van der Waals surface area contributed by atoms with Gasteiger partial charge < -0.3 is 10.2 Å². The largest absolute Gasteiger partial charge is 0.356 e. The molecule has 3 nitrogen and oxygen atoms in total. The van der Waals surface area contributed by atoms with Gasteiger partial charge in [0.1, 0.15) is 5.82 Å². The predicted molar refractivity (Wildman–Crippen MR) is 81.6 cm³/mol. The highest BCUT2D eigenvalue weighted by Crippen LogP contribution is 2.31. The molecule has 1 N–H and O–H groups in total. The molecule has 0 unspecified atom stereocenters. The second-order valence-electron chi connectivity index (χ2n) is 5.64. The number of aromatic nitrogens is 1. The quantitative estimate of drug-likeness (QED) is 0.779. The van der Waals surface area contributed by atoms with Gasteiger partial charge in [0.2, 0.25) is 0 Å². The maximum Gasteiger partial charge on any atom is 0.129 e. The Morgan fingerprint density at radius 3 is 2.74 bits per heavy atom. The molecule has 0 aliphatic heterocycles. The molecule has 1 aliphatic rings.